The SMILES string of the molecule is CO[C@@H](CNC(=O)Cc1cccc2ccccc12)c1ccc(Cl)s1. The van der Waals surface area contributed by atoms with E-state index in [1.54, 1.807) is 7.11 Å². The largest absolute Gasteiger partial charge is 0.374 e. The van der Waals surface area contributed by atoms with Crippen LogP contribution in [0.5, 0.6) is 0 Å². The van der Waals surface area contributed by atoms with Gasteiger partial charge in [0.05, 0.1) is 10.8 Å². The predicted octanol–water partition coefficient (Wildman–Crippen LogP) is 4.60. The maximum absolute atomic E-state index is 12.3. The zero-order chi connectivity index (χ0) is 16.9. The summed E-state index contributed by atoms with van der Waals surface area (Å²) in [7, 11) is 1.63. The zero-order valence-electron chi connectivity index (χ0n) is 13.3. The van der Waals surface area contributed by atoms with E-state index < -0.39 is 0 Å². The molecule has 1 aromatic heterocycles. The Morgan fingerprint density at radius 2 is 1.96 bits per heavy atom. The molecule has 0 spiro atoms. The Morgan fingerprint density at radius 1 is 1.17 bits per heavy atom. The summed E-state index contributed by atoms with van der Waals surface area (Å²) in [5, 5.41) is 5.21. The number of nitrogens with one attached hydrogen (secondary N) is 1. The van der Waals surface area contributed by atoms with Gasteiger partial charge >= 0.3 is 0 Å². The van der Waals surface area contributed by atoms with Crippen molar-refractivity contribution in [2.75, 3.05) is 13.7 Å². The van der Waals surface area contributed by atoms with Gasteiger partial charge in [0.1, 0.15) is 6.10 Å². The fourth-order valence-electron chi connectivity index (χ4n) is 2.69. The second-order valence-electron chi connectivity index (χ2n) is 5.49. The van der Waals surface area contributed by atoms with E-state index in [1.807, 2.05) is 42.5 Å². The summed E-state index contributed by atoms with van der Waals surface area (Å²) in [5.74, 6) is -0.0175. The van der Waals surface area contributed by atoms with E-state index >= 15 is 0 Å². The molecule has 0 aliphatic rings. The minimum atomic E-state index is -0.182. The summed E-state index contributed by atoms with van der Waals surface area (Å²) in [6.45, 7) is 0.428. The third kappa shape index (κ3) is 3.96. The first kappa shape index (κ1) is 17.0. The maximum Gasteiger partial charge on any atom is 0.224 e. The van der Waals surface area contributed by atoms with Crippen LogP contribution >= 0.6 is 22.9 Å². The first-order valence-corrected chi connectivity index (χ1v) is 8.88. The minimum Gasteiger partial charge on any atom is -0.374 e. The van der Waals surface area contributed by atoms with Crippen LogP contribution in [-0.4, -0.2) is 19.6 Å². The number of benzene rings is 2. The van der Waals surface area contributed by atoms with E-state index in [0.717, 1.165) is 21.2 Å². The quantitative estimate of drug-likeness (QED) is 0.698. The highest BCUT2D eigenvalue weighted by molar-refractivity contribution is 7.16. The number of rotatable bonds is 6. The Kier molecular flexibility index (Phi) is 5.51. The van der Waals surface area contributed by atoms with Crippen molar-refractivity contribution in [1.82, 2.24) is 5.32 Å². The van der Waals surface area contributed by atoms with Crippen LogP contribution in [0, 0.1) is 0 Å². The molecule has 0 saturated heterocycles. The third-order valence-electron chi connectivity index (χ3n) is 3.91. The first-order chi connectivity index (χ1) is 11.7. The fraction of sp³-hybridized carbons (Fsp3) is 0.211. The van der Waals surface area contributed by atoms with Crippen molar-refractivity contribution in [3.05, 3.63) is 69.4 Å². The lowest BCUT2D eigenvalue weighted by molar-refractivity contribution is -0.121. The Morgan fingerprint density at radius 3 is 2.71 bits per heavy atom. The Bertz CT molecular complexity index is 841. The van der Waals surface area contributed by atoms with E-state index in [9.17, 15) is 4.79 Å². The van der Waals surface area contributed by atoms with Crippen molar-refractivity contribution in [3.63, 3.8) is 0 Å². The van der Waals surface area contributed by atoms with Crippen LogP contribution in [0.1, 0.15) is 16.5 Å². The number of carbonyl (C=O) groups is 1. The topological polar surface area (TPSA) is 38.3 Å². The molecule has 0 fully saturated rings. The molecular formula is C19H18ClNO2S. The van der Waals surface area contributed by atoms with Crippen LogP contribution in [0.4, 0.5) is 0 Å². The lowest BCUT2D eigenvalue weighted by Gasteiger charge is -2.15. The summed E-state index contributed by atoms with van der Waals surface area (Å²) < 4.78 is 6.17. The summed E-state index contributed by atoms with van der Waals surface area (Å²) in [6, 6.07) is 17.9. The molecule has 5 heteroatoms. The van der Waals surface area contributed by atoms with Gasteiger partial charge in [0, 0.05) is 18.5 Å². The lowest BCUT2D eigenvalue weighted by Crippen LogP contribution is -2.30. The average molecular weight is 360 g/mol. The molecule has 0 unspecified atom stereocenters. The normalized spacial score (nSPS) is 12.2. The second kappa shape index (κ2) is 7.79. The summed E-state index contributed by atoms with van der Waals surface area (Å²) >= 11 is 7.43. The van der Waals surface area contributed by atoms with E-state index in [1.165, 1.54) is 11.3 Å². The smallest absolute Gasteiger partial charge is 0.224 e. The van der Waals surface area contributed by atoms with Gasteiger partial charge in [-0.15, -0.1) is 11.3 Å². The highest BCUT2D eigenvalue weighted by atomic mass is 35.5. The van der Waals surface area contributed by atoms with E-state index in [0.29, 0.717) is 17.3 Å². The number of fused-ring (bicyclic) bond motifs is 1. The maximum atomic E-state index is 12.3. The standard InChI is InChI=1S/C19H18ClNO2S/c1-23-16(17-9-10-18(20)24-17)12-21-19(22)11-14-7-4-6-13-5-2-3-8-15(13)14/h2-10,16H,11-12H2,1H3,(H,21,22)/t16-/m0/s1. The number of halogens is 1. The highest BCUT2D eigenvalue weighted by Crippen LogP contribution is 2.28. The molecule has 24 heavy (non-hydrogen) atoms. The van der Waals surface area contributed by atoms with E-state index in [4.69, 9.17) is 16.3 Å². The van der Waals surface area contributed by atoms with Crippen molar-refractivity contribution >= 4 is 39.6 Å². The van der Waals surface area contributed by atoms with Gasteiger partial charge in [-0.25, -0.2) is 0 Å². The summed E-state index contributed by atoms with van der Waals surface area (Å²) in [5.41, 5.74) is 1.03. The molecule has 3 aromatic rings. The number of carbonyl (C=O) groups excluding carboxylic acids is 1. The summed E-state index contributed by atoms with van der Waals surface area (Å²) in [4.78, 5) is 13.3. The van der Waals surface area contributed by atoms with Gasteiger partial charge in [0.15, 0.2) is 0 Å². The van der Waals surface area contributed by atoms with Crippen LogP contribution in [0.3, 0.4) is 0 Å². The first-order valence-electron chi connectivity index (χ1n) is 7.68. The predicted molar refractivity (Wildman–Crippen MR) is 99.7 cm³/mol. The minimum absolute atomic E-state index is 0.0175. The van der Waals surface area contributed by atoms with Crippen LogP contribution in [0.25, 0.3) is 10.8 Å². The van der Waals surface area contributed by atoms with E-state index in [2.05, 4.69) is 17.4 Å². The number of ether oxygens (including phenoxy) is 1. The molecular weight excluding hydrogens is 342 g/mol. The van der Waals surface area contributed by atoms with Gasteiger partial charge in [-0.3, -0.25) is 4.79 Å². The fourth-order valence-corrected chi connectivity index (χ4v) is 3.83. The molecule has 0 aliphatic carbocycles. The van der Waals surface area contributed by atoms with Crippen LogP contribution < -0.4 is 5.32 Å². The average Bonchev–Trinajstić information content (AvgIpc) is 3.02. The van der Waals surface area contributed by atoms with Crippen molar-refractivity contribution in [3.8, 4) is 0 Å². The number of amides is 1. The van der Waals surface area contributed by atoms with Crippen LogP contribution in [0.2, 0.25) is 4.34 Å². The van der Waals surface area contributed by atoms with Gasteiger partial charge in [-0.2, -0.15) is 0 Å². The third-order valence-corrected chi connectivity index (χ3v) is 5.23. The Labute approximate surface area is 150 Å². The molecule has 1 N–H and O–H groups in total. The molecule has 0 radical (unpaired) electrons. The van der Waals surface area contributed by atoms with Gasteiger partial charge < -0.3 is 10.1 Å². The van der Waals surface area contributed by atoms with Crippen LogP contribution in [-0.2, 0) is 16.0 Å². The molecule has 2 aromatic carbocycles. The molecule has 124 valence electrons. The van der Waals surface area contributed by atoms with Crippen molar-refractivity contribution in [1.29, 1.82) is 0 Å². The van der Waals surface area contributed by atoms with Gasteiger partial charge in [-0.1, -0.05) is 54.1 Å². The number of thiophene rings is 1. The molecule has 3 rings (SSSR count). The number of hydrogen-bond acceptors (Lipinski definition) is 3. The van der Waals surface area contributed by atoms with Crippen molar-refractivity contribution in [2.24, 2.45) is 0 Å². The Balaban J connectivity index is 1.64. The second-order valence-corrected chi connectivity index (χ2v) is 7.23. The number of methoxy groups -OCH3 is 1. The summed E-state index contributed by atoms with van der Waals surface area (Å²) in [6.07, 6.45) is 0.169. The Hall–Kier alpha value is -1.88. The highest BCUT2D eigenvalue weighted by Gasteiger charge is 2.15. The van der Waals surface area contributed by atoms with Gasteiger partial charge in [0.25, 0.3) is 0 Å². The van der Waals surface area contributed by atoms with Crippen LogP contribution in [0.15, 0.2) is 54.6 Å². The number of hydrogen-bond donors (Lipinski definition) is 1. The molecule has 3 nitrogen and oxygen atoms in total. The zero-order valence-corrected chi connectivity index (χ0v) is 14.9. The van der Waals surface area contributed by atoms with Gasteiger partial charge in [0.2, 0.25) is 5.91 Å². The van der Waals surface area contributed by atoms with Gasteiger partial charge in [-0.05, 0) is 28.5 Å². The molecule has 1 atom stereocenters. The molecule has 0 saturated carbocycles. The van der Waals surface area contributed by atoms with E-state index in [-0.39, 0.29) is 12.0 Å². The monoisotopic (exact) mass is 359 g/mol. The molecule has 0 bridgehead atoms. The molecule has 1 amide bonds. The lowest BCUT2D eigenvalue weighted by atomic mass is 10.0. The molecule has 0 aliphatic heterocycles. The van der Waals surface area contributed by atoms with Crippen molar-refractivity contribution in [2.45, 2.75) is 12.5 Å². The van der Waals surface area contributed by atoms with Crippen molar-refractivity contribution < 1.29 is 9.53 Å². The molecule has 1 heterocycles.